The molecule has 0 aliphatic heterocycles. The molecule has 1 unspecified atom stereocenters. The summed E-state index contributed by atoms with van der Waals surface area (Å²) in [6.45, 7) is 0.302. The molecule has 1 amide bonds. The molecule has 1 atom stereocenters. The summed E-state index contributed by atoms with van der Waals surface area (Å²) in [5, 5.41) is 13.0. The summed E-state index contributed by atoms with van der Waals surface area (Å²) in [4.78, 5) is 16.3. The number of nitrogens with one attached hydrogen (secondary N) is 1. The van der Waals surface area contributed by atoms with E-state index in [4.69, 9.17) is 23.2 Å². The molecule has 1 aromatic heterocycles. The van der Waals surface area contributed by atoms with Crippen molar-refractivity contribution in [3.8, 4) is 0 Å². The van der Waals surface area contributed by atoms with Crippen LogP contribution in [0.2, 0.25) is 10.0 Å². The van der Waals surface area contributed by atoms with E-state index in [1.54, 1.807) is 18.3 Å². The number of aliphatic hydroxyl groups excluding tert-OH is 1. The molecule has 0 radical (unpaired) electrons. The van der Waals surface area contributed by atoms with Crippen molar-refractivity contribution < 1.29 is 9.90 Å². The maximum absolute atomic E-state index is 12.1. The number of nitrogens with zero attached hydrogens (tertiary/aromatic N) is 1. The molecule has 0 saturated carbocycles. The second-order valence-electron chi connectivity index (χ2n) is 4.91. The van der Waals surface area contributed by atoms with Gasteiger partial charge in [-0.15, -0.1) is 0 Å². The van der Waals surface area contributed by atoms with E-state index in [1.165, 1.54) is 6.07 Å². The molecule has 2 N–H and O–H groups in total. The Balaban J connectivity index is 1.94. The van der Waals surface area contributed by atoms with E-state index in [9.17, 15) is 9.90 Å². The number of pyridine rings is 1. The first-order chi connectivity index (χ1) is 10.6. The Kier molecular flexibility index (Phi) is 6.19. The molecular formula is C16H16Cl2N2O2. The van der Waals surface area contributed by atoms with E-state index in [0.29, 0.717) is 28.6 Å². The Bertz CT molecular complexity index is 635. The van der Waals surface area contributed by atoms with E-state index in [-0.39, 0.29) is 18.4 Å². The molecule has 1 aromatic carbocycles. The molecule has 0 fully saturated rings. The van der Waals surface area contributed by atoms with Crippen molar-refractivity contribution in [1.82, 2.24) is 10.3 Å². The lowest BCUT2D eigenvalue weighted by Crippen LogP contribution is -2.32. The third-order valence-electron chi connectivity index (χ3n) is 3.21. The minimum atomic E-state index is -0.291. The smallest absolute Gasteiger partial charge is 0.252 e. The van der Waals surface area contributed by atoms with Crippen LogP contribution in [-0.2, 0) is 6.42 Å². The number of benzene rings is 1. The predicted octanol–water partition coefficient (Wildman–Crippen LogP) is 2.97. The van der Waals surface area contributed by atoms with E-state index in [0.717, 1.165) is 5.69 Å². The normalized spacial score (nSPS) is 12.0. The van der Waals surface area contributed by atoms with Crippen LogP contribution in [0.25, 0.3) is 0 Å². The van der Waals surface area contributed by atoms with Crippen molar-refractivity contribution in [1.29, 1.82) is 0 Å². The standard InChI is InChI=1S/C16H16Cl2N2O2/c17-12-4-5-14(15(18)8-12)16(22)20-9-11(10-21)7-13-3-1-2-6-19-13/h1-6,8,11,21H,7,9-10H2,(H,20,22). The third-order valence-corrected chi connectivity index (χ3v) is 3.76. The second-order valence-corrected chi connectivity index (χ2v) is 5.75. The first kappa shape index (κ1) is 16.7. The summed E-state index contributed by atoms with van der Waals surface area (Å²) in [5.41, 5.74) is 1.24. The van der Waals surface area contributed by atoms with Crippen LogP contribution in [0.3, 0.4) is 0 Å². The van der Waals surface area contributed by atoms with Gasteiger partial charge in [-0.1, -0.05) is 29.3 Å². The summed E-state index contributed by atoms with van der Waals surface area (Å²) >= 11 is 11.8. The Morgan fingerprint density at radius 3 is 2.73 bits per heavy atom. The maximum atomic E-state index is 12.1. The van der Waals surface area contributed by atoms with Gasteiger partial charge in [0.1, 0.15) is 0 Å². The number of aliphatic hydroxyl groups is 1. The lowest BCUT2D eigenvalue weighted by Gasteiger charge is -2.15. The number of aromatic nitrogens is 1. The highest BCUT2D eigenvalue weighted by Gasteiger charge is 2.14. The van der Waals surface area contributed by atoms with Gasteiger partial charge in [-0.05, 0) is 36.8 Å². The van der Waals surface area contributed by atoms with E-state index in [2.05, 4.69) is 10.3 Å². The number of hydrogen-bond donors (Lipinski definition) is 2. The van der Waals surface area contributed by atoms with Crippen molar-refractivity contribution in [3.05, 3.63) is 63.9 Å². The van der Waals surface area contributed by atoms with Crippen molar-refractivity contribution in [2.24, 2.45) is 5.92 Å². The van der Waals surface area contributed by atoms with Crippen LogP contribution >= 0.6 is 23.2 Å². The van der Waals surface area contributed by atoms with E-state index < -0.39 is 0 Å². The van der Waals surface area contributed by atoms with Crippen LogP contribution in [0.1, 0.15) is 16.1 Å². The molecule has 0 aliphatic carbocycles. The van der Waals surface area contributed by atoms with Gasteiger partial charge >= 0.3 is 0 Å². The zero-order valence-corrected chi connectivity index (χ0v) is 13.3. The van der Waals surface area contributed by atoms with Crippen LogP contribution in [0.5, 0.6) is 0 Å². The van der Waals surface area contributed by atoms with Gasteiger partial charge < -0.3 is 10.4 Å². The molecule has 0 spiro atoms. The second kappa shape index (κ2) is 8.13. The summed E-state index contributed by atoms with van der Waals surface area (Å²) in [6, 6.07) is 10.3. The summed E-state index contributed by atoms with van der Waals surface area (Å²) in [5.74, 6) is -0.397. The van der Waals surface area contributed by atoms with Crippen LogP contribution < -0.4 is 5.32 Å². The van der Waals surface area contributed by atoms with E-state index in [1.807, 2.05) is 18.2 Å². The quantitative estimate of drug-likeness (QED) is 0.851. The average molecular weight is 339 g/mol. The lowest BCUT2D eigenvalue weighted by molar-refractivity contribution is 0.0940. The molecule has 0 saturated heterocycles. The summed E-state index contributed by atoms with van der Waals surface area (Å²) in [7, 11) is 0. The Hall–Kier alpha value is -1.62. The zero-order chi connectivity index (χ0) is 15.9. The maximum Gasteiger partial charge on any atom is 0.252 e. The molecule has 2 rings (SSSR count). The van der Waals surface area contributed by atoms with Gasteiger partial charge in [-0.2, -0.15) is 0 Å². The number of hydrogen-bond acceptors (Lipinski definition) is 3. The molecule has 116 valence electrons. The topological polar surface area (TPSA) is 62.2 Å². The van der Waals surface area contributed by atoms with Crippen molar-refractivity contribution in [3.63, 3.8) is 0 Å². The third kappa shape index (κ3) is 4.70. The first-order valence-corrected chi connectivity index (χ1v) is 7.59. The van der Waals surface area contributed by atoms with Gasteiger partial charge in [-0.25, -0.2) is 0 Å². The van der Waals surface area contributed by atoms with Gasteiger partial charge in [0.2, 0.25) is 0 Å². The number of carbonyl (C=O) groups excluding carboxylic acids is 1. The fraction of sp³-hybridized carbons (Fsp3) is 0.250. The summed E-state index contributed by atoms with van der Waals surface area (Å²) < 4.78 is 0. The fourth-order valence-corrected chi connectivity index (χ4v) is 2.52. The van der Waals surface area contributed by atoms with Gasteiger partial charge in [0, 0.05) is 36.0 Å². The van der Waals surface area contributed by atoms with Crippen LogP contribution in [0.4, 0.5) is 0 Å². The number of rotatable bonds is 6. The Labute approximate surface area is 139 Å². The van der Waals surface area contributed by atoms with Crippen molar-refractivity contribution in [2.45, 2.75) is 6.42 Å². The number of amides is 1. The molecular weight excluding hydrogens is 323 g/mol. The zero-order valence-electron chi connectivity index (χ0n) is 11.8. The molecule has 2 aromatic rings. The predicted molar refractivity (Wildman–Crippen MR) is 87.3 cm³/mol. The minimum Gasteiger partial charge on any atom is -0.396 e. The monoisotopic (exact) mass is 338 g/mol. The van der Waals surface area contributed by atoms with Crippen molar-refractivity contribution in [2.75, 3.05) is 13.2 Å². The molecule has 0 aliphatic rings. The number of carbonyl (C=O) groups is 1. The molecule has 1 heterocycles. The molecule has 0 bridgehead atoms. The van der Waals surface area contributed by atoms with Gasteiger partial charge in [-0.3, -0.25) is 9.78 Å². The molecule has 6 heteroatoms. The number of halogens is 2. The van der Waals surface area contributed by atoms with Gasteiger partial charge in [0.15, 0.2) is 0 Å². The highest BCUT2D eigenvalue weighted by Crippen LogP contribution is 2.20. The Morgan fingerprint density at radius 2 is 2.09 bits per heavy atom. The highest BCUT2D eigenvalue weighted by molar-refractivity contribution is 6.36. The Morgan fingerprint density at radius 1 is 1.27 bits per heavy atom. The average Bonchev–Trinajstić information content (AvgIpc) is 2.52. The van der Waals surface area contributed by atoms with Gasteiger partial charge in [0.05, 0.1) is 10.6 Å². The first-order valence-electron chi connectivity index (χ1n) is 6.84. The lowest BCUT2D eigenvalue weighted by atomic mass is 10.0. The van der Waals surface area contributed by atoms with Gasteiger partial charge in [0.25, 0.3) is 5.91 Å². The van der Waals surface area contributed by atoms with Crippen LogP contribution in [0.15, 0.2) is 42.6 Å². The van der Waals surface area contributed by atoms with E-state index >= 15 is 0 Å². The highest BCUT2D eigenvalue weighted by atomic mass is 35.5. The molecule has 22 heavy (non-hydrogen) atoms. The minimum absolute atomic E-state index is 0.0365. The van der Waals surface area contributed by atoms with Crippen LogP contribution in [0, 0.1) is 5.92 Å². The van der Waals surface area contributed by atoms with Crippen LogP contribution in [-0.4, -0.2) is 29.1 Å². The SMILES string of the molecule is O=C(NCC(CO)Cc1ccccn1)c1ccc(Cl)cc1Cl. The largest absolute Gasteiger partial charge is 0.396 e. The molecule has 4 nitrogen and oxygen atoms in total. The fourth-order valence-electron chi connectivity index (χ4n) is 2.02. The summed E-state index contributed by atoms with van der Waals surface area (Å²) in [6.07, 6.45) is 2.29. The van der Waals surface area contributed by atoms with Crippen molar-refractivity contribution >= 4 is 29.1 Å².